The molecule has 3 N–H and O–H groups in total. The molecule has 1 aromatic rings. The third-order valence-electron chi connectivity index (χ3n) is 6.15. The van der Waals surface area contributed by atoms with Gasteiger partial charge in [-0.25, -0.2) is 0 Å². The third-order valence-corrected chi connectivity index (χ3v) is 6.15. The Kier molecular flexibility index (Phi) is 4.52. The number of rotatable bonds is 5. The quantitative estimate of drug-likeness (QED) is 0.490. The number of nitrogens with one attached hydrogen (secondary N) is 2. The highest BCUT2D eigenvalue weighted by molar-refractivity contribution is 6.15. The summed E-state index contributed by atoms with van der Waals surface area (Å²) in [5.41, 5.74) is 0.889. The molecule has 28 heavy (non-hydrogen) atoms. The first-order chi connectivity index (χ1) is 13.3. The van der Waals surface area contributed by atoms with Crippen molar-refractivity contribution in [1.29, 1.82) is 0 Å². The highest BCUT2D eigenvalue weighted by Gasteiger charge is 2.70. The Hall–Kier alpha value is -2.29. The van der Waals surface area contributed by atoms with Crippen LogP contribution in [0.15, 0.2) is 18.2 Å². The van der Waals surface area contributed by atoms with Crippen molar-refractivity contribution in [3.63, 3.8) is 0 Å². The normalized spacial score (nSPS) is 32.1. The van der Waals surface area contributed by atoms with Gasteiger partial charge >= 0.3 is 0 Å². The number of aliphatic hydroxyl groups is 1. The van der Waals surface area contributed by atoms with Crippen LogP contribution in [0.1, 0.15) is 24.5 Å². The summed E-state index contributed by atoms with van der Waals surface area (Å²) in [5.74, 6) is -2.73. The molecule has 4 rings (SSSR count). The molecule has 3 amide bonds. The summed E-state index contributed by atoms with van der Waals surface area (Å²) in [7, 11) is 1.56. The lowest BCUT2D eigenvalue weighted by atomic mass is 9.76. The van der Waals surface area contributed by atoms with E-state index in [1.165, 1.54) is 4.90 Å². The zero-order chi connectivity index (χ0) is 20.2. The average molecular weight is 387 g/mol. The van der Waals surface area contributed by atoms with Crippen molar-refractivity contribution in [1.82, 2.24) is 10.2 Å². The van der Waals surface area contributed by atoms with Crippen LogP contribution in [0.4, 0.5) is 5.69 Å². The number of hydrogen-bond donors (Lipinski definition) is 3. The van der Waals surface area contributed by atoms with Crippen LogP contribution in [0.5, 0.6) is 0 Å². The number of aliphatic hydroxyl groups excluding tert-OH is 1. The smallest absolute Gasteiger partial charge is 0.250 e. The molecule has 150 valence electrons. The number of ether oxygens (including phenoxy) is 1. The molecule has 5 unspecified atom stereocenters. The van der Waals surface area contributed by atoms with Crippen LogP contribution in [0, 0.1) is 18.8 Å². The second-order valence-corrected chi connectivity index (χ2v) is 7.90. The highest BCUT2D eigenvalue weighted by Crippen LogP contribution is 2.53. The van der Waals surface area contributed by atoms with E-state index in [4.69, 9.17) is 4.74 Å². The van der Waals surface area contributed by atoms with E-state index in [0.29, 0.717) is 24.3 Å². The molecule has 0 bridgehead atoms. The fourth-order valence-electron chi connectivity index (χ4n) is 4.91. The first kappa shape index (κ1) is 19.0. The van der Waals surface area contributed by atoms with Crippen LogP contribution in [0.25, 0.3) is 0 Å². The third kappa shape index (κ3) is 2.45. The zero-order valence-corrected chi connectivity index (χ0v) is 16.2. The van der Waals surface area contributed by atoms with E-state index in [2.05, 4.69) is 10.6 Å². The summed E-state index contributed by atoms with van der Waals surface area (Å²) in [6, 6.07) is 4.87. The second kappa shape index (κ2) is 6.65. The molecule has 0 aromatic heterocycles. The summed E-state index contributed by atoms with van der Waals surface area (Å²) in [4.78, 5) is 40.8. The highest BCUT2D eigenvalue weighted by atomic mass is 16.5. The molecule has 2 saturated heterocycles. The van der Waals surface area contributed by atoms with Gasteiger partial charge in [-0.2, -0.15) is 0 Å². The van der Waals surface area contributed by atoms with Crippen molar-refractivity contribution in [3.05, 3.63) is 29.3 Å². The van der Waals surface area contributed by atoms with Gasteiger partial charge in [-0.05, 0) is 26.3 Å². The molecule has 3 aliphatic heterocycles. The predicted octanol–water partition coefficient (Wildman–Crippen LogP) is 0.133. The van der Waals surface area contributed by atoms with Gasteiger partial charge in [0.05, 0.1) is 17.9 Å². The van der Waals surface area contributed by atoms with Gasteiger partial charge in [0.15, 0.2) is 0 Å². The van der Waals surface area contributed by atoms with Crippen molar-refractivity contribution >= 4 is 23.4 Å². The minimum absolute atomic E-state index is 0.239. The molecule has 0 aliphatic carbocycles. The van der Waals surface area contributed by atoms with Crippen molar-refractivity contribution < 1.29 is 24.2 Å². The topological polar surface area (TPSA) is 108 Å². The molecule has 1 aromatic carbocycles. The second-order valence-electron chi connectivity index (χ2n) is 7.90. The summed E-state index contributed by atoms with van der Waals surface area (Å²) >= 11 is 0. The Morgan fingerprint density at radius 2 is 2.04 bits per heavy atom. The van der Waals surface area contributed by atoms with Gasteiger partial charge in [0, 0.05) is 37.6 Å². The fraction of sp³-hybridized carbons (Fsp3) is 0.550. The zero-order valence-electron chi connectivity index (χ0n) is 16.2. The Balaban J connectivity index is 1.81. The van der Waals surface area contributed by atoms with Gasteiger partial charge < -0.3 is 15.2 Å². The lowest BCUT2D eigenvalue weighted by Crippen LogP contribution is -2.54. The Bertz CT molecular complexity index is 854. The predicted molar refractivity (Wildman–Crippen MR) is 100 cm³/mol. The Labute approximate surface area is 163 Å². The van der Waals surface area contributed by atoms with Crippen molar-refractivity contribution in [2.24, 2.45) is 11.8 Å². The molecule has 3 heterocycles. The van der Waals surface area contributed by atoms with Gasteiger partial charge in [-0.1, -0.05) is 17.7 Å². The maximum absolute atomic E-state index is 13.3. The molecule has 8 nitrogen and oxygen atoms in total. The van der Waals surface area contributed by atoms with Crippen LogP contribution in [0.3, 0.4) is 0 Å². The standard InChI is InChI=1S/C20H25N3O5/c1-10-5-6-13-12(9-10)20(19(27)21-13)15-14(16(22-20)11(2)24)17(25)23(18(15)26)7-4-8-28-3/h5-6,9,11,14-16,22,24H,4,7-8H2,1-3H3,(H,21,27). The summed E-state index contributed by atoms with van der Waals surface area (Å²) in [6.07, 6.45) is -0.376. The summed E-state index contributed by atoms with van der Waals surface area (Å²) < 4.78 is 5.03. The van der Waals surface area contributed by atoms with Gasteiger partial charge in [-0.15, -0.1) is 0 Å². The molecular weight excluding hydrogens is 362 g/mol. The van der Waals surface area contributed by atoms with Crippen LogP contribution in [-0.2, 0) is 24.7 Å². The number of likely N-dealkylation sites (tertiary alicyclic amines) is 1. The first-order valence-corrected chi connectivity index (χ1v) is 9.55. The fourth-order valence-corrected chi connectivity index (χ4v) is 4.91. The van der Waals surface area contributed by atoms with Crippen LogP contribution < -0.4 is 10.6 Å². The number of nitrogens with zero attached hydrogens (tertiary/aromatic N) is 1. The van der Waals surface area contributed by atoms with Gasteiger partial charge in [0.25, 0.3) is 0 Å². The number of aryl methyl sites for hydroxylation is 1. The summed E-state index contributed by atoms with van der Waals surface area (Å²) in [6.45, 7) is 4.15. The number of methoxy groups -OCH3 is 1. The molecule has 0 radical (unpaired) electrons. The van der Waals surface area contributed by atoms with Crippen LogP contribution >= 0.6 is 0 Å². The summed E-state index contributed by atoms with van der Waals surface area (Å²) in [5, 5.41) is 16.4. The number of amides is 3. The Morgan fingerprint density at radius 1 is 1.29 bits per heavy atom. The molecule has 8 heteroatoms. The van der Waals surface area contributed by atoms with Gasteiger partial charge in [-0.3, -0.25) is 24.6 Å². The van der Waals surface area contributed by atoms with E-state index in [0.717, 1.165) is 5.56 Å². The maximum atomic E-state index is 13.3. The van der Waals surface area contributed by atoms with Crippen LogP contribution in [-0.4, -0.2) is 60.1 Å². The van der Waals surface area contributed by atoms with Gasteiger partial charge in [0.1, 0.15) is 5.54 Å². The minimum Gasteiger partial charge on any atom is -0.392 e. The number of carbonyl (C=O) groups is 3. The van der Waals surface area contributed by atoms with Gasteiger partial charge in [0.2, 0.25) is 17.7 Å². The number of anilines is 1. The van der Waals surface area contributed by atoms with E-state index in [-0.39, 0.29) is 24.3 Å². The van der Waals surface area contributed by atoms with E-state index < -0.39 is 29.5 Å². The molecule has 1 spiro atoms. The largest absolute Gasteiger partial charge is 0.392 e. The van der Waals surface area contributed by atoms with E-state index >= 15 is 0 Å². The monoisotopic (exact) mass is 387 g/mol. The van der Waals surface area contributed by atoms with E-state index in [9.17, 15) is 19.5 Å². The number of benzene rings is 1. The molecule has 3 aliphatic rings. The minimum atomic E-state index is -1.35. The molecule has 0 saturated carbocycles. The van der Waals surface area contributed by atoms with Crippen LogP contribution in [0.2, 0.25) is 0 Å². The lowest BCUT2D eigenvalue weighted by molar-refractivity contribution is -0.143. The van der Waals surface area contributed by atoms with Crippen molar-refractivity contribution in [2.45, 2.75) is 38.0 Å². The first-order valence-electron chi connectivity index (χ1n) is 9.55. The van der Waals surface area contributed by atoms with E-state index in [1.54, 1.807) is 20.1 Å². The number of imide groups is 1. The molecular formula is C20H25N3O5. The van der Waals surface area contributed by atoms with Crippen molar-refractivity contribution in [3.8, 4) is 0 Å². The molecule has 2 fully saturated rings. The Morgan fingerprint density at radius 3 is 2.71 bits per heavy atom. The maximum Gasteiger partial charge on any atom is 0.250 e. The number of carbonyl (C=O) groups excluding carboxylic acids is 3. The number of fused-ring (bicyclic) bond motifs is 4. The van der Waals surface area contributed by atoms with E-state index in [1.807, 2.05) is 19.1 Å². The number of hydrogen-bond acceptors (Lipinski definition) is 6. The van der Waals surface area contributed by atoms with Crippen molar-refractivity contribution in [2.75, 3.05) is 25.6 Å². The lowest BCUT2D eigenvalue weighted by Gasteiger charge is -2.30. The molecule has 5 atom stereocenters. The SMILES string of the molecule is COCCCN1C(=O)C2C(C(C)O)NC3(C(=O)Nc4ccc(C)cc43)C2C1=O. The average Bonchev–Trinajstić information content (AvgIpc) is 3.23.